The van der Waals surface area contributed by atoms with Gasteiger partial charge in [-0.25, -0.2) is 0 Å². The van der Waals surface area contributed by atoms with Crippen molar-refractivity contribution in [1.82, 2.24) is 4.98 Å². The van der Waals surface area contributed by atoms with Crippen LogP contribution in [-0.2, 0) is 0 Å². The summed E-state index contributed by atoms with van der Waals surface area (Å²) in [7, 11) is 1.69. The highest BCUT2D eigenvalue weighted by molar-refractivity contribution is 7.99. The molecular weight excluding hydrogens is 314 g/mol. The third kappa shape index (κ3) is 3.54. The molecule has 0 atom stereocenters. The van der Waals surface area contributed by atoms with E-state index in [1.165, 1.54) is 15.4 Å². The summed E-state index contributed by atoms with van der Waals surface area (Å²) in [5.74, 6) is 0.860. The summed E-state index contributed by atoms with van der Waals surface area (Å²) in [6.45, 7) is 4.13. The van der Waals surface area contributed by atoms with Gasteiger partial charge in [0.05, 0.1) is 12.6 Å². The average Bonchev–Trinajstić information content (AvgIpc) is 2.49. The van der Waals surface area contributed by atoms with E-state index in [4.69, 9.17) is 4.74 Å². The molecule has 0 aliphatic rings. The number of aromatic nitrogens is 1. The minimum Gasteiger partial charge on any atom is -0.497 e. The molecule has 0 spiro atoms. The molecule has 0 unspecified atom stereocenters. The van der Waals surface area contributed by atoms with E-state index in [-0.39, 0.29) is 12.4 Å². The zero-order valence-electron chi connectivity index (χ0n) is 12.8. The van der Waals surface area contributed by atoms with Crippen molar-refractivity contribution >= 4 is 35.1 Å². The van der Waals surface area contributed by atoms with Crippen LogP contribution in [0.3, 0.4) is 0 Å². The average molecular weight is 332 g/mol. The lowest BCUT2D eigenvalue weighted by Crippen LogP contribution is -1.89. The number of ether oxygens (including phenoxy) is 1. The first kappa shape index (κ1) is 16.7. The number of hydrogen-bond donors (Lipinski definition) is 0. The molecule has 1 heterocycles. The smallest absolute Gasteiger partial charge is 0.119 e. The number of nitrogens with zero attached hydrogens (tertiary/aromatic N) is 1. The van der Waals surface area contributed by atoms with Gasteiger partial charge in [-0.15, -0.1) is 12.4 Å². The molecule has 0 fully saturated rings. The summed E-state index contributed by atoms with van der Waals surface area (Å²) >= 11 is 1.76. The number of methoxy groups -OCH3 is 1. The Hall–Kier alpha value is -1.71. The topological polar surface area (TPSA) is 22.1 Å². The Bertz CT molecular complexity index is 787. The molecule has 0 aliphatic heterocycles. The van der Waals surface area contributed by atoms with Crippen LogP contribution < -0.4 is 4.74 Å². The summed E-state index contributed by atoms with van der Waals surface area (Å²) in [6.07, 6.45) is 0. The lowest BCUT2D eigenvalue weighted by atomic mass is 10.2. The zero-order chi connectivity index (χ0) is 14.8. The number of aryl methyl sites for hydroxylation is 2. The van der Waals surface area contributed by atoms with E-state index in [9.17, 15) is 0 Å². The van der Waals surface area contributed by atoms with Crippen LogP contribution in [0.25, 0.3) is 10.9 Å². The fourth-order valence-electron chi connectivity index (χ4n) is 2.24. The zero-order valence-corrected chi connectivity index (χ0v) is 14.4. The first-order chi connectivity index (χ1) is 10.2. The van der Waals surface area contributed by atoms with E-state index in [0.29, 0.717) is 0 Å². The van der Waals surface area contributed by atoms with Crippen LogP contribution in [0.5, 0.6) is 5.75 Å². The molecule has 0 aliphatic carbocycles. The molecular formula is C18H18ClNOS. The summed E-state index contributed by atoms with van der Waals surface area (Å²) < 4.78 is 5.34. The quantitative estimate of drug-likeness (QED) is 0.638. The number of pyridine rings is 1. The van der Waals surface area contributed by atoms with Crippen LogP contribution in [0.1, 0.15) is 11.3 Å². The molecule has 0 saturated carbocycles. The number of benzene rings is 2. The SMILES string of the molecule is COc1ccc2nc(C)cc(Sc3ccc(C)cc3)c2c1.Cl. The molecule has 2 nitrogen and oxygen atoms in total. The largest absolute Gasteiger partial charge is 0.497 e. The molecule has 3 rings (SSSR count). The van der Waals surface area contributed by atoms with Crippen LogP contribution in [0.4, 0.5) is 0 Å². The van der Waals surface area contributed by atoms with Crippen molar-refractivity contribution < 1.29 is 4.74 Å². The van der Waals surface area contributed by atoms with Gasteiger partial charge in [-0.3, -0.25) is 4.98 Å². The Kier molecular flexibility index (Phi) is 5.33. The number of hydrogen-bond acceptors (Lipinski definition) is 3. The first-order valence-electron chi connectivity index (χ1n) is 6.85. The lowest BCUT2D eigenvalue weighted by Gasteiger charge is -2.09. The fourth-order valence-corrected chi connectivity index (χ4v) is 3.27. The maximum Gasteiger partial charge on any atom is 0.119 e. The van der Waals surface area contributed by atoms with Crippen molar-refractivity contribution in [2.75, 3.05) is 7.11 Å². The highest BCUT2D eigenvalue weighted by atomic mass is 35.5. The molecule has 0 N–H and O–H groups in total. The van der Waals surface area contributed by atoms with Gasteiger partial charge < -0.3 is 4.74 Å². The van der Waals surface area contributed by atoms with Crippen molar-refractivity contribution in [3.05, 3.63) is 59.8 Å². The second-order valence-corrected chi connectivity index (χ2v) is 6.18. The van der Waals surface area contributed by atoms with Crippen molar-refractivity contribution in [3.63, 3.8) is 0 Å². The third-order valence-electron chi connectivity index (χ3n) is 3.35. The Morgan fingerprint density at radius 3 is 2.36 bits per heavy atom. The molecule has 4 heteroatoms. The van der Waals surface area contributed by atoms with Gasteiger partial charge in [0.1, 0.15) is 5.75 Å². The second kappa shape index (κ2) is 7.03. The molecule has 22 heavy (non-hydrogen) atoms. The highest BCUT2D eigenvalue weighted by Crippen LogP contribution is 2.35. The van der Waals surface area contributed by atoms with Crippen LogP contribution in [0.2, 0.25) is 0 Å². The first-order valence-corrected chi connectivity index (χ1v) is 7.67. The van der Waals surface area contributed by atoms with Gasteiger partial charge in [0.15, 0.2) is 0 Å². The monoisotopic (exact) mass is 331 g/mol. The Morgan fingerprint density at radius 1 is 0.955 bits per heavy atom. The normalized spacial score (nSPS) is 10.3. The van der Waals surface area contributed by atoms with Gasteiger partial charge in [-0.1, -0.05) is 29.5 Å². The standard InChI is InChI=1S/C18H17NOS.ClH/c1-12-4-7-15(8-5-12)21-18-10-13(2)19-17-9-6-14(20-3)11-16(17)18;/h4-11H,1-3H3;1H. The van der Waals surface area contributed by atoms with Crippen molar-refractivity contribution in [1.29, 1.82) is 0 Å². The molecule has 0 saturated heterocycles. The van der Waals surface area contributed by atoms with Crippen LogP contribution in [0.15, 0.2) is 58.3 Å². The Labute approximate surface area is 141 Å². The second-order valence-electron chi connectivity index (χ2n) is 5.06. The predicted molar refractivity (Wildman–Crippen MR) is 95.6 cm³/mol. The van der Waals surface area contributed by atoms with Crippen molar-refractivity contribution in [3.8, 4) is 5.75 Å². The molecule has 0 radical (unpaired) electrons. The van der Waals surface area contributed by atoms with Crippen molar-refractivity contribution in [2.45, 2.75) is 23.6 Å². The van der Waals surface area contributed by atoms with Crippen LogP contribution in [0, 0.1) is 13.8 Å². The van der Waals surface area contributed by atoms with Gasteiger partial charge in [-0.05, 0) is 50.2 Å². The van der Waals surface area contributed by atoms with E-state index >= 15 is 0 Å². The Morgan fingerprint density at radius 2 is 1.68 bits per heavy atom. The molecule has 0 bridgehead atoms. The summed E-state index contributed by atoms with van der Waals surface area (Å²) in [4.78, 5) is 7.04. The third-order valence-corrected chi connectivity index (χ3v) is 4.42. The van der Waals surface area contributed by atoms with Gasteiger partial charge in [0.25, 0.3) is 0 Å². The highest BCUT2D eigenvalue weighted by Gasteiger charge is 2.07. The minimum atomic E-state index is 0. The maximum atomic E-state index is 5.34. The summed E-state index contributed by atoms with van der Waals surface area (Å²) in [6, 6.07) is 16.7. The minimum absolute atomic E-state index is 0. The van der Waals surface area contributed by atoms with Crippen LogP contribution >= 0.6 is 24.2 Å². The Balaban J connectivity index is 0.00000176. The molecule has 114 valence electrons. The maximum absolute atomic E-state index is 5.34. The molecule has 3 aromatic rings. The van der Waals surface area contributed by atoms with Crippen LogP contribution in [-0.4, -0.2) is 12.1 Å². The number of rotatable bonds is 3. The fraction of sp³-hybridized carbons (Fsp3) is 0.167. The van der Waals surface area contributed by atoms with Crippen molar-refractivity contribution in [2.24, 2.45) is 0 Å². The number of halogens is 1. The molecule has 2 aromatic carbocycles. The molecule has 1 aromatic heterocycles. The van der Waals surface area contributed by atoms with Gasteiger partial charge in [0.2, 0.25) is 0 Å². The molecule has 0 amide bonds. The van der Waals surface area contributed by atoms with Gasteiger partial charge >= 0.3 is 0 Å². The van der Waals surface area contributed by atoms with E-state index in [1.807, 2.05) is 19.1 Å². The van der Waals surface area contributed by atoms with E-state index < -0.39 is 0 Å². The van der Waals surface area contributed by atoms with Gasteiger partial charge in [-0.2, -0.15) is 0 Å². The lowest BCUT2D eigenvalue weighted by molar-refractivity contribution is 0.415. The van der Waals surface area contributed by atoms with E-state index in [2.05, 4.69) is 48.3 Å². The van der Waals surface area contributed by atoms with Gasteiger partial charge in [0, 0.05) is 20.9 Å². The summed E-state index contributed by atoms with van der Waals surface area (Å²) in [5.41, 5.74) is 3.31. The van der Waals surface area contributed by atoms with E-state index in [0.717, 1.165) is 22.3 Å². The number of fused-ring (bicyclic) bond motifs is 1. The predicted octanol–water partition coefficient (Wildman–Crippen LogP) is 5.43. The van der Waals surface area contributed by atoms with E-state index in [1.54, 1.807) is 18.9 Å². The summed E-state index contributed by atoms with van der Waals surface area (Å²) in [5, 5.41) is 1.13.